The van der Waals surface area contributed by atoms with Gasteiger partial charge >= 0.3 is 18.0 Å². The molecule has 0 aliphatic carbocycles. The molecule has 0 saturated carbocycles. The van der Waals surface area contributed by atoms with Crippen LogP contribution < -0.4 is 10.6 Å². The van der Waals surface area contributed by atoms with E-state index in [-0.39, 0.29) is 32.0 Å². The standard InChI is InChI=1S/C38H50N4O9/c1-7-49-36(47)31-30(42(31)34(45)28(22-25-15-10-8-11-16-25)40-37(48)51-38(4,5)6)32(43)39-27(21-24(2)3)33(44)41-20-14-19-29(41)35(46)50-23-26-17-12-9-13-18-26/h8-13,15-18,24,27-31H,7,14,19-23H2,1-6H3,(H,39,43)(H,40,48)/t27-,28-,29?,30+,31+,42?/m0/s1. The molecule has 4 rings (SSSR count). The zero-order valence-corrected chi connectivity index (χ0v) is 30.3. The number of hydrogen-bond acceptors (Lipinski definition) is 9. The number of benzene rings is 2. The number of esters is 2. The molecule has 0 aromatic heterocycles. The van der Waals surface area contributed by atoms with E-state index < -0.39 is 71.6 Å². The quantitative estimate of drug-likeness (QED) is 0.170. The summed E-state index contributed by atoms with van der Waals surface area (Å²) in [4.78, 5) is 83.6. The van der Waals surface area contributed by atoms with Gasteiger partial charge in [-0.1, -0.05) is 74.5 Å². The smallest absolute Gasteiger partial charge is 0.408 e. The molecule has 2 aromatic rings. The average Bonchev–Trinajstić information content (AvgIpc) is 3.64. The summed E-state index contributed by atoms with van der Waals surface area (Å²) < 4.78 is 16.2. The topological polar surface area (TPSA) is 160 Å². The number of carbonyl (C=O) groups excluding carboxylic acids is 6. The molecule has 51 heavy (non-hydrogen) atoms. The van der Waals surface area contributed by atoms with Crippen LogP contribution in [0.3, 0.4) is 0 Å². The first-order chi connectivity index (χ1) is 24.2. The Hall–Kier alpha value is -4.94. The fourth-order valence-corrected chi connectivity index (χ4v) is 6.18. The lowest BCUT2D eigenvalue weighted by Gasteiger charge is -2.29. The fourth-order valence-electron chi connectivity index (χ4n) is 6.18. The van der Waals surface area contributed by atoms with Gasteiger partial charge in [0.2, 0.25) is 17.7 Å². The number of nitrogens with zero attached hydrogens (tertiary/aromatic N) is 2. The minimum absolute atomic E-state index is 0.0144. The minimum Gasteiger partial charge on any atom is -0.464 e. The van der Waals surface area contributed by atoms with E-state index in [4.69, 9.17) is 14.2 Å². The van der Waals surface area contributed by atoms with E-state index in [0.717, 1.165) is 16.0 Å². The number of carbonyl (C=O) groups is 6. The summed E-state index contributed by atoms with van der Waals surface area (Å²) in [6, 6.07) is 12.6. The summed E-state index contributed by atoms with van der Waals surface area (Å²) in [6.45, 7) is 10.9. The Balaban J connectivity index is 1.52. The summed E-state index contributed by atoms with van der Waals surface area (Å²) in [5, 5.41) is 5.39. The first-order valence-electron chi connectivity index (χ1n) is 17.5. The van der Waals surface area contributed by atoms with Gasteiger partial charge in [-0.2, -0.15) is 0 Å². The summed E-state index contributed by atoms with van der Waals surface area (Å²) in [5.41, 5.74) is 0.705. The maximum atomic E-state index is 14.1. The highest BCUT2D eigenvalue weighted by atomic mass is 16.6. The van der Waals surface area contributed by atoms with Crippen LogP contribution in [0.2, 0.25) is 0 Å². The Morgan fingerprint density at radius 1 is 0.804 bits per heavy atom. The molecule has 276 valence electrons. The molecular formula is C38H50N4O9. The van der Waals surface area contributed by atoms with Crippen molar-refractivity contribution in [3.05, 3.63) is 71.8 Å². The monoisotopic (exact) mass is 706 g/mol. The highest BCUT2D eigenvalue weighted by Gasteiger charge is 2.62. The highest BCUT2D eigenvalue weighted by molar-refractivity contribution is 6.05. The Morgan fingerprint density at radius 2 is 1.43 bits per heavy atom. The normalized spacial score (nSPS) is 19.5. The second kappa shape index (κ2) is 17.3. The number of alkyl carbamates (subject to hydrolysis) is 1. The SMILES string of the molecule is CCOC(=O)[C@H]1[C@H](C(=O)N[C@@H](CC(C)C)C(=O)N2CCCC2C(=O)OCc2ccccc2)N1C(=O)[C@H](Cc1ccccc1)NC(=O)OC(C)(C)C. The largest absolute Gasteiger partial charge is 0.464 e. The molecule has 2 heterocycles. The van der Waals surface area contributed by atoms with E-state index in [9.17, 15) is 28.8 Å². The van der Waals surface area contributed by atoms with Crippen molar-refractivity contribution in [2.45, 2.75) is 110 Å². The van der Waals surface area contributed by atoms with Crippen molar-refractivity contribution in [3.8, 4) is 0 Å². The number of nitrogens with one attached hydrogen (secondary N) is 2. The molecule has 2 aromatic carbocycles. The minimum atomic E-state index is -1.29. The van der Waals surface area contributed by atoms with Crippen LogP contribution in [0.15, 0.2) is 60.7 Å². The van der Waals surface area contributed by atoms with Gasteiger partial charge in [-0.05, 0) is 64.0 Å². The van der Waals surface area contributed by atoms with Crippen LogP contribution in [0.5, 0.6) is 0 Å². The maximum absolute atomic E-state index is 14.1. The van der Waals surface area contributed by atoms with Crippen LogP contribution in [0.25, 0.3) is 0 Å². The molecular weight excluding hydrogens is 656 g/mol. The van der Waals surface area contributed by atoms with Crippen LogP contribution >= 0.6 is 0 Å². The van der Waals surface area contributed by atoms with Gasteiger partial charge < -0.3 is 34.6 Å². The van der Waals surface area contributed by atoms with Crippen molar-refractivity contribution in [3.63, 3.8) is 0 Å². The fraction of sp³-hybridized carbons (Fsp3) is 0.526. The van der Waals surface area contributed by atoms with Crippen LogP contribution in [0, 0.1) is 5.92 Å². The molecule has 2 saturated heterocycles. The first kappa shape index (κ1) is 38.9. The third-order valence-electron chi connectivity index (χ3n) is 8.49. The molecule has 13 nitrogen and oxygen atoms in total. The van der Waals surface area contributed by atoms with E-state index in [1.165, 1.54) is 4.90 Å². The van der Waals surface area contributed by atoms with Crippen LogP contribution in [0.1, 0.15) is 71.9 Å². The number of hydrogen-bond donors (Lipinski definition) is 2. The number of likely N-dealkylation sites (tertiary alicyclic amines) is 1. The van der Waals surface area contributed by atoms with Gasteiger partial charge in [0, 0.05) is 13.0 Å². The van der Waals surface area contributed by atoms with Crippen molar-refractivity contribution >= 4 is 35.8 Å². The lowest BCUT2D eigenvalue weighted by atomic mass is 10.0. The lowest BCUT2D eigenvalue weighted by molar-refractivity contribution is -0.155. The van der Waals surface area contributed by atoms with Gasteiger partial charge in [-0.3, -0.25) is 14.4 Å². The van der Waals surface area contributed by atoms with E-state index in [0.29, 0.717) is 19.4 Å². The Labute approximate surface area is 299 Å². The van der Waals surface area contributed by atoms with E-state index in [2.05, 4.69) is 10.6 Å². The number of ether oxygens (including phenoxy) is 3. The van der Waals surface area contributed by atoms with E-state index in [1.54, 1.807) is 52.0 Å². The average molecular weight is 707 g/mol. The molecule has 0 bridgehead atoms. The predicted octanol–water partition coefficient (Wildman–Crippen LogP) is 3.53. The molecule has 5 atom stereocenters. The summed E-state index contributed by atoms with van der Waals surface area (Å²) in [7, 11) is 0. The van der Waals surface area contributed by atoms with Crippen LogP contribution in [-0.2, 0) is 51.2 Å². The van der Waals surface area contributed by atoms with Gasteiger partial charge in [0.25, 0.3) is 0 Å². The molecule has 0 radical (unpaired) electrons. The molecule has 2 fully saturated rings. The number of rotatable bonds is 14. The van der Waals surface area contributed by atoms with E-state index in [1.807, 2.05) is 50.2 Å². The Kier molecular flexibility index (Phi) is 13.2. The third kappa shape index (κ3) is 10.8. The van der Waals surface area contributed by atoms with Gasteiger partial charge in [-0.25, -0.2) is 14.4 Å². The molecule has 13 heteroatoms. The lowest BCUT2D eigenvalue weighted by Crippen LogP contribution is -2.53. The second-order valence-corrected chi connectivity index (χ2v) is 14.2. The molecule has 2 N–H and O–H groups in total. The molecule has 2 aliphatic rings. The maximum Gasteiger partial charge on any atom is 0.408 e. The van der Waals surface area contributed by atoms with Crippen molar-refractivity contribution in [1.82, 2.24) is 20.4 Å². The summed E-state index contributed by atoms with van der Waals surface area (Å²) >= 11 is 0. The summed E-state index contributed by atoms with van der Waals surface area (Å²) in [6.07, 6.45) is 0.476. The Bertz CT molecular complexity index is 1540. The van der Waals surface area contributed by atoms with Crippen molar-refractivity contribution in [2.75, 3.05) is 13.2 Å². The molecule has 1 unspecified atom stereocenters. The second-order valence-electron chi connectivity index (χ2n) is 14.2. The Morgan fingerprint density at radius 3 is 2.02 bits per heavy atom. The predicted molar refractivity (Wildman–Crippen MR) is 187 cm³/mol. The first-order valence-corrected chi connectivity index (χ1v) is 17.5. The van der Waals surface area contributed by atoms with Gasteiger partial charge in [0.1, 0.15) is 36.4 Å². The molecule has 0 spiro atoms. The van der Waals surface area contributed by atoms with Crippen LogP contribution in [0.4, 0.5) is 4.79 Å². The molecule has 4 amide bonds. The van der Waals surface area contributed by atoms with Crippen molar-refractivity contribution < 1.29 is 43.0 Å². The van der Waals surface area contributed by atoms with Crippen molar-refractivity contribution in [2.24, 2.45) is 5.92 Å². The number of amides is 4. The summed E-state index contributed by atoms with van der Waals surface area (Å²) in [5.74, 6) is -3.20. The van der Waals surface area contributed by atoms with Crippen LogP contribution in [-0.4, -0.2) is 94.5 Å². The molecule has 2 aliphatic heterocycles. The van der Waals surface area contributed by atoms with E-state index >= 15 is 0 Å². The van der Waals surface area contributed by atoms with Gasteiger partial charge in [-0.15, -0.1) is 0 Å². The van der Waals surface area contributed by atoms with Gasteiger partial charge in [0.15, 0.2) is 6.04 Å². The third-order valence-corrected chi connectivity index (χ3v) is 8.49. The van der Waals surface area contributed by atoms with Crippen molar-refractivity contribution in [1.29, 1.82) is 0 Å². The van der Waals surface area contributed by atoms with Gasteiger partial charge in [0.05, 0.1) is 6.61 Å². The zero-order chi connectivity index (χ0) is 37.3. The highest BCUT2D eigenvalue weighted by Crippen LogP contribution is 2.32. The zero-order valence-electron chi connectivity index (χ0n) is 30.3.